The van der Waals surface area contributed by atoms with E-state index < -0.39 is 41.6 Å². The summed E-state index contributed by atoms with van der Waals surface area (Å²) in [7, 11) is 0. The molecule has 3 amide bonds. The molecule has 11 heteroatoms. The summed E-state index contributed by atoms with van der Waals surface area (Å²) in [5.41, 5.74) is 10.4. The number of amides is 3. The van der Waals surface area contributed by atoms with Crippen molar-refractivity contribution in [1.29, 1.82) is 0 Å². The normalized spacial score (nSPS) is 17.3. The lowest BCUT2D eigenvalue weighted by atomic mass is 10.0. The molecule has 1 aromatic carbocycles. The first-order valence-electron chi connectivity index (χ1n) is 12.7. The zero-order valence-electron chi connectivity index (χ0n) is 21.9. The highest BCUT2D eigenvalue weighted by Crippen LogP contribution is 2.20. The fourth-order valence-corrected chi connectivity index (χ4v) is 3.95. The van der Waals surface area contributed by atoms with Gasteiger partial charge in [-0.1, -0.05) is 30.3 Å². The first kappa shape index (κ1) is 27.0. The quantitative estimate of drug-likeness (QED) is 0.150. The van der Waals surface area contributed by atoms with Crippen LogP contribution in [-0.4, -0.2) is 71.9 Å². The third-order valence-electron chi connectivity index (χ3n) is 5.54. The third-order valence-corrected chi connectivity index (χ3v) is 5.54. The Labute approximate surface area is 213 Å². The number of hydrogen-bond acceptors (Lipinski definition) is 6. The summed E-state index contributed by atoms with van der Waals surface area (Å²) in [4.78, 5) is 56.0. The molecule has 11 nitrogen and oxygen atoms in total. The fraction of sp³-hybridized carbons (Fsp3) is 0.560. The molecule has 198 valence electrons. The maximum absolute atomic E-state index is 13.6. The predicted octanol–water partition coefficient (Wildman–Crippen LogP) is 0.851. The van der Waals surface area contributed by atoms with E-state index in [1.807, 2.05) is 30.3 Å². The second-order valence-electron chi connectivity index (χ2n) is 9.43. The van der Waals surface area contributed by atoms with Gasteiger partial charge in [0.05, 0.1) is 6.04 Å². The maximum Gasteiger partial charge on any atom is 0.408 e. The van der Waals surface area contributed by atoms with Crippen LogP contribution < -0.4 is 22.1 Å². The van der Waals surface area contributed by atoms with Crippen LogP contribution in [0.1, 0.15) is 53.4 Å². The molecule has 1 fully saturated rings. The van der Waals surface area contributed by atoms with Gasteiger partial charge in [0, 0.05) is 20.9 Å². The first-order valence-corrected chi connectivity index (χ1v) is 12.0. The second-order valence-corrected chi connectivity index (χ2v) is 9.43. The van der Waals surface area contributed by atoms with Gasteiger partial charge >= 0.3 is 6.09 Å². The molecule has 0 radical (unpaired) electrons. The Morgan fingerprint density at radius 1 is 1.28 bits per heavy atom. The lowest BCUT2D eigenvalue weighted by Crippen LogP contribution is -2.55. The zero-order chi connectivity index (χ0) is 27.4. The van der Waals surface area contributed by atoms with Crippen molar-refractivity contribution in [3.63, 3.8) is 0 Å². The molecule has 0 bridgehead atoms. The van der Waals surface area contributed by atoms with Crippen molar-refractivity contribution in [3.05, 3.63) is 35.9 Å². The summed E-state index contributed by atoms with van der Waals surface area (Å²) >= 11 is 0. The Balaban J connectivity index is 2.11. The molecule has 1 aliphatic rings. The smallest absolute Gasteiger partial charge is 0.408 e. The number of carbonyl (C=O) groups excluding carboxylic acids is 4. The van der Waals surface area contributed by atoms with E-state index in [1.165, 1.54) is 4.90 Å². The molecule has 3 atom stereocenters. The molecule has 1 heterocycles. The van der Waals surface area contributed by atoms with Crippen molar-refractivity contribution in [3.8, 4) is 0 Å². The Kier molecular flexibility index (Phi) is 10.1. The Hall–Kier alpha value is -3.63. The summed E-state index contributed by atoms with van der Waals surface area (Å²) < 4.78 is 12.9. The van der Waals surface area contributed by atoms with E-state index in [9.17, 15) is 19.2 Å². The van der Waals surface area contributed by atoms with E-state index in [2.05, 4.69) is 15.6 Å². The molecular formula is C25H38N6O5. The number of aliphatic imine (C=N–C) groups is 1. The first-order chi connectivity index (χ1) is 17.6. The average Bonchev–Trinajstić information content (AvgIpc) is 3.35. The molecule has 1 saturated heterocycles. The lowest BCUT2D eigenvalue weighted by Gasteiger charge is -2.30. The van der Waals surface area contributed by atoms with Crippen LogP contribution in [0, 0.1) is 0 Å². The molecule has 36 heavy (non-hydrogen) atoms. The number of nitrogens with two attached hydrogens (primary N) is 2. The highest BCUT2D eigenvalue weighted by molar-refractivity contribution is 5.92. The molecule has 1 aliphatic heterocycles. The van der Waals surface area contributed by atoms with E-state index in [0.717, 1.165) is 5.56 Å². The van der Waals surface area contributed by atoms with Gasteiger partial charge in [-0.3, -0.25) is 14.6 Å². The molecule has 0 aromatic heterocycles. The van der Waals surface area contributed by atoms with Gasteiger partial charge in [0.2, 0.25) is 11.8 Å². The number of rotatable bonds is 11. The maximum atomic E-state index is 13.6. The lowest BCUT2D eigenvalue weighted by molar-refractivity contribution is -0.140. The summed E-state index contributed by atoms with van der Waals surface area (Å²) in [6, 6.07) is 6.70. The topological polar surface area (TPSA) is 169 Å². The summed E-state index contributed by atoms with van der Waals surface area (Å²) in [6.45, 7) is 3.74. The van der Waals surface area contributed by atoms with Crippen LogP contribution in [0.5, 0.6) is 0 Å². The minimum Gasteiger partial charge on any atom is -0.444 e. The molecule has 1 aromatic rings. The largest absolute Gasteiger partial charge is 0.444 e. The van der Waals surface area contributed by atoms with Gasteiger partial charge < -0.3 is 36.5 Å². The number of guanidine groups is 1. The minimum absolute atomic E-state index is 0.0439. The number of benzene rings is 1. The van der Waals surface area contributed by atoms with Crippen molar-refractivity contribution < 1.29 is 25.3 Å². The summed E-state index contributed by atoms with van der Waals surface area (Å²) in [5, 5.41) is 5.34. The van der Waals surface area contributed by atoms with Crippen LogP contribution >= 0.6 is 0 Å². The van der Waals surface area contributed by atoms with Crippen LogP contribution in [-0.2, 0) is 25.5 Å². The predicted molar refractivity (Wildman–Crippen MR) is 136 cm³/mol. The van der Waals surface area contributed by atoms with Crippen molar-refractivity contribution >= 4 is 30.2 Å². The average molecular weight is 504 g/mol. The van der Waals surface area contributed by atoms with Gasteiger partial charge in [-0.2, -0.15) is 0 Å². The van der Waals surface area contributed by atoms with Gasteiger partial charge in [-0.25, -0.2) is 4.79 Å². The van der Waals surface area contributed by atoms with E-state index in [-0.39, 0.29) is 19.3 Å². The molecular weight excluding hydrogens is 464 g/mol. The van der Waals surface area contributed by atoms with Gasteiger partial charge in [0.1, 0.15) is 24.0 Å². The number of likely N-dealkylation sites (tertiary alicyclic amines) is 1. The van der Waals surface area contributed by atoms with E-state index in [4.69, 9.17) is 17.6 Å². The molecule has 2 rings (SSSR count). The van der Waals surface area contributed by atoms with Crippen LogP contribution in [0.25, 0.3) is 0 Å². The number of hydrogen-bond donors (Lipinski definition) is 4. The minimum atomic E-state index is -1.02. The fourth-order valence-electron chi connectivity index (χ4n) is 3.95. The van der Waals surface area contributed by atoms with E-state index in [1.54, 1.807) is 13.8 Å². The van der Waals surface area contributed by atoms with Gasteiger partial charge in [0.15, 0.2) is 5.96 Å². The van der Waals surface area contributed by atoms with Gasteiger partial charge in [-0.05, 0) is 52.0 Å². The monoisotopic (exact) mass is 503 g/mol. The molecule has 6 N–H and O–H groups in total. The highest BCUT2D eigenvalue weighted by atomic mass is 16.6. The molecule has 0 saturated carbocycles. The van der Waals surface area contributed by atoms with Gasteiger partial charge in [-0.15, -0.1) is 0 Å². The van der Waals surface area contributed by atoms with Crippen molar-refractivity contribution in [1.82, 2.24) is 15.5 Å². The standard InChI is InChI=1S/C25H38N6O5/c1-25(2,3)36-24(35)30-19(15-17-9-5-4-6-10-17)22(34)31-14-8-12-20(31)21(33)29-18(16-32)11-7-13-28-23(26)27/h4-6,9-10,16,18-20H,7-8,11-15H2,1-3H3,(H,29,33)(H,30,35)(H4,26,27,28)/t18-,19-,20-/m0/s1/i1D. The number of nitrogens with zero attached hydrogens (tertiary/aromatic N) is 2. The number of alkyl carbamates (subject to hydrolysis) is 1. The Morgan fingerprint density at radius 3 is 2.64 bits per heavy atom. The number of ether oxygens (including phenoxy) is 1. The van der Waals surface area contributed by atoms with Crippen molar-refractivity contribution in [2.45, 2.75) is 76.6 Å². The van der Waals surface area contributed by atoms with Crippen molar-refractivity contribution in [2.75, 3.05) is 13.1 Å². The molecule has 0 aliphatic carbocycles. The van der Waals surface area contributed by atoms with E-state index >= 15 is 0 Å². The number of nitrogens with one attached hydrogen (secondary N) is 2. The second kappa shape index (κ2) is 13.5. The summed E-state index contributed by atoms with van der Waals surface area (Å²) in [5.74, 6) is -0.892. The number of aldehydes is 1. The third kappa shape index (κ3) is 9.55. The Bertz CT molecular complexity index is 954. The summed E-state index contributed by atoms with van der Waals surface area (Å²) in [6.07, 6.45) is 1.92. The van der Waals surface area contributed by atoms with Crippen LogP contribution in [0.2, 0.25) is 0 Å². The SMILES string of the molecule is [2H]CC(C)(C)OC(=O)N[C@@H](Cc1ccccc1)C(=O)N1CCC[C@H]1C(=O)N[C@H](C=O)CCCN=C(N)N. The van der Waals surface area contributed by atoms with Crippen LogP contribution in [0.3, 0.4) is 0 Å². The zero-order valence-corrected chi connectivity index (χ0v) is 20.9. The van der Waals surface area contributed by atoms with Crippen molar-refractivity contribution in [2.24, 2.45) is 16.5 Å². The van der Waals surface area contributed by atoms with Crippen LogP contribution in [0.4, 0.5) is 4.79 Å². The van der Waals surface area contributed by atoms with E-state index in [0.29, 0.717) is 45.1 Å². The van der Waals surface area contributed by atoms with Gasteiger partial charge in [0.25, 0.3) is 0 Å². The van der Waals surface area contributed by atoms with Crippen LogP contribution in [0.15, 0.2) is 35.3 Å². The molecule has 0 spiro atoms. The highest BCUT2D eigenvalue weighted by Gasteiger charge is 2.38. The number of carbonyl (C=O) groups is 4. The molecule has 0 unspecified atom stereocenters. The Morgan fingerprint density at radius 2 is 2.00 bits per heavy atom.